The van der Waals surface area contributed by atoms with E-state index in [1.165, 1.54) is 12.1 Å². The molecule has 0 atom stereocenters. The van der Waals surface area contributed by atoms with E-state index >= 15 is 0 Å². The van der Waals surface area contributed by atoms with Gasteiger partial charge in [0.2, 0.25) is 0 Å². The third-order valence-electron chi connectivity index (χ3n) is 3.27. The molecule has 0 radical (unpaired) electrons. The molecule has 0 unspecified atom stereocenters. The van der Waals surface area contributed by atoms with Crippen LogP contribution in [0.2, 0.25) is 5.02 Å². The molecule has 0 spiro atoms. The normalized spacial score (nSPS) is 14.5. The average Bonchev–Trinajstić information content (AvgIpc) is 2.38. The number of halogens is 2. The van der Waals surface area contributed by atoms with Gasteiger partial charge in [-0.1, -0.05) is 11.6 Å². The summed E-state index contributed by atoms with van der Waals surface area (Å²) in [4.78, 5) is 4.54. The van der Waals surface area contributed by atoms with E-state index in [9.17, 15) is 4.39 Å². The molecule has 19 heavy (non-hydrogen) atoms. The number of hydrogen-bond acceptors (Lipinski definition) is 3. The van der Waals surface area contributed by atoms with Crippen molar-refractivity contribution in [2.24, 2.45) is 0 Å². The molecule has 5 heteroatoms. The van der Waals surface area contributed by atoms with Gasteiger partial charge in [-0.15, -0.1) is 0 Å². The van der Waals surface area contributed by atoms with Crippen LogP contribution in [0.5, 0.6) is 0 Å². The second-order valence-corrected chi connectivity index (χ2v) is 4.93. The molecule has 0 amide bonds. The Morgan fingerprint density at radius 2 is 2.32 bits per heavy atom. The number of anilines is 1. The van der Waals surface area contributed by atoms with E-state index in [-0.39, 0.29) is 5.82 Å². The van der Waals surface area contributed by atoms with Crippen LogP contribution in [0.1, 0.15) is 18.2 Å². The third-order valence-corrected chi connectivity index (χ3v) is 3.57. The highest BCUT2D eigenvalue weighted by atomic mass is 35.5. The third kappa shape index (κ3) is 2.15. The largest absolute Gasteiger partial charge is 0.384 e. The molecule has 1 aromatic carbocycles. The van der Waals surface area contributed by atoms with Crippen LogP contribution in [0.3, 0.4) is 0 Å². The van der Waals surface area contributed by atoms with E-state index in [1.54, 1.807) is 0 Å². The second-order valence-electron chi connectivity index (χ2n) is 4.53. The zero-order valence-corrected chi connectivity index (χ0v) is 11.4. The van der Waals surface area contributed by atoms with E-state index in [4.69, 9.17) is 16.3 Å². The van der Waals surface area contributed by atoms with Crippen molar-refractivity contribution in [3.05, 3.63) is 34.2 Å². The molecule has 1 aromatic heterocycles. The van der Waals surface area contributed by atoms with Gasteiger partial charge >= 0.3 is 0 Å². The fourth-order valence-corrected chi connectivity index (χ4v) is 2.78. The van der Waals surface area contributed by atoms with Crippen LogP contribution < -0.4 is 5.32 Å². The SMILES string of the molecule is CCNc1c2c(nc3cc(F)cc(Cl)c13)CCOC2. The number of hydrogen-bond donors (Lipinski definition) is 1. The molecule has 0 saturated carbocycles. The molecular formula is C14H14ClFN2O. The molecule has 1 aliphatic heterocycles. The summed E-state index contributed by atoms with van der Waals surface area (Å²) in [6.45, 7) is 3.95. The van der Waals surface area contributed by atoms with E-state index in [0.717, 1.165) is 35.3 Å². The number of benzene rings is 1. The summed E-state index contributed by atoms with van der Waals surface area (Å²) in [6, 6.07) is 2.75. The van der Waals surface area contributed by atoms with Gasteiger partial charge in [0.25, 0.3) is 0 Å². The minimum absolute atomic E-state index is 0.362. The summed E-state index contributed by atoms with van der Waals surface area (Å²) in [5.74, 6) is -0.362. The molecule has 3 rings (SSSR count). The van der Waals surface area contributed by atoms with E-state index in [2.05, 4.69) is 10.3 Å². The van der Waals surface area contributed by atoms with Gasteiger partial charge in [0.05, 0.1) is 35.1 Å². The van der Waals surface area contributed by atoms with Gasteiger partial charge in [-0.3, -0.25) is 4.98 Å². The minimum atomic E-state index is -0.362. The molecular weight excluding hydrogens is 267 g/mol. The number of fused-ring (bicyclic) bond motifs is 2. The molecule has 0 bridgehead atoms. The van der Waals surface area contributed by atoms with Gasteiger partial charge in [0.1, 0.15) is 5.82 Å². The predicted octanol–water partition coefficient (Wildman–Crippen LogP) is 3.53. The minimum Gasteiger partial charge on any atom is -0.384 e. The van der Waals surface area contributed by atoms with E-state index < -0.39 is 0 Å². The zero-order chi connectivity index (χ0) is 13.4. The number of nitrogens with zero attached hydrogens (tertiary/aromatic N) is 1. The molecule has 2 aromatic rings. The van der Waals surface area contributed by atoms with Crippen molar-refractivity contribution in [3.8, 4) is 0 Å². The van der Waals surface area contributed by atoms with Gasteiger partial charge in [0.15, 0.2) is 0 Å². The highest BCUT2D eigenvalue weighted by Crippen LogP contribution is 2.36. The first kappa shape index (κ1) is 12.6. The summed E-state index contributed by atoms with van der Waals surface area (Å²) in [7, 11) is 0. The van der Waals surface area contributed by atoms with Crippen LogP contribution >= 0.6 is 11.6 Å². The highest BCUT2D eigenvalue weighted by molar-refractivity contribution is 6.36. The quantitative estimate of drug-likeness (QED) is 0.914. The summed E-state index contributed by atoms with van der Waals surface area (Å²) >= 11 is 6.18. The van der Waals surface area contributed by atoms with Crippen molar-refractivity contribution in [1.82, 2.24) is 4.98 Å². The fourth-order valence-electron chi connectivity index (χ4n) is 2.48. The smallest absolute Gasteiger partial charge is 0.126 e. The first-order valence-corrected chi connectivity index (χ1v) is 6.70. The summed E-state index contributed by atoms with van der Waals surface area (Å²) in [5.41, 5.74) is 3.53. The summed E-state index contributed by atoms with van der Waals surface area (Å²) < 4.78 is 19.0. The number of ether oxygens (including phenoxy) is 1. The maximum absolute atomic E-state index is 13.5. The standard InChI is InChI=1S/C14H14ClFN2O/c1-2-17-14-9-7-19-4-3-11(9)18-12-6-8(16)5-10(15)13(12)14/h5-6H,2-4,7H2,1H3,(H,17,18). The summed E-state index contributed by atoms with van der Waals surface area (Å²) in [5, 5.41) is 4.47. The Morgan fingerprint density at radius 1 is 1.47 bits per heavy atom. The number of aromatic nitrogens is 1. The molecule has 2 heterocycles. The van der Waals surface area contributed by atoms with E-state index in [1.807, 2.05) is 6.92 Å². The van der Waals surface area contributed by atoms with Crippen molar-refractivity contribution < 1.29 is 9.13 Å². The van der Waals surface area contributed by atoms with Crippen LogP contribution in [0.15, 0.2) is 12.1 Å². The highest BCUT2D eigenvalue weighted by Gasteiger charge is 2.20. The maximum Gasteiger partial charge on any atom is 0.126 e. The second kappa shape index (κ2) is 4.94. The van der Waals surface area contributed by atoms with Crippen molar-refractivity contribution in [2.75, 3.05) is 18.5 Å². The lowest BCUT2D eigenvalue weighted by Crippen LogP contribution is -2.15. The lowest BCUT2D eigenvalue weighted by atomic mass is 10.0. The first-order chi connectivity index (χ1) is 9.20. The first-order valence-electron chi connectivity index (χ1n) is 6.32. The zero-order valence-electron chi connectivity index (χ0n) is 10.6. The number of nitrogens with one attached hydrogen (secondary N) is 1. The van der Waals surface area contributed by atoms with Crippen molar-refractivity contribution in [3.63, 3.8) is 0 Å². The molecule has 0 saturated heterocycles. The molecule has 1 aliphatic rings. The monoisotopic (exact) mass is 280 g/mol. The van der Waals surface area contributed by atoms with Crippen LogP contribution in [0.25, 0.3) is 10.9 Å². The predicted molar refractivity (Wildman–Crippen MR) is 74.2 cm³/mol. The van der Waals surface area contributed by atoms with Crippen molar-refractivity contribution in [1.29, 1.82) is 0 Å². The van der Waals surface area contributed by atoms with Crippen LogP contribution in [-0.4, -0.2) is 18.1 Å². The molecule has 100 valence electrons. The lowest BCUT2D eigenvalue weighted by Gasteiger charge is -2.22. The van der Waals surface area contributed by atoms with Crippen LogP contribution in [-0.2, 0) is 17.8 Å². The van der Waals surface area contributed by atoms with Crippen molar-refractivity contribution in [2.45, 2.75) is 20.0 Å². The van der Waals surface area contributed by atoms with Crippen LogP contribution in [0.4, 0.5) is 10.1 Å². The molecule has 0 aliphatic carbocycles. The maximum atomic E-state index is 13.5. The van der Waals surface area contributed by atoms with Gasteiger partial charge in [-0.2, -0.15) is 0 Å². The Hall–Kier alpha value is -1.39. The Morgan fingerprint density at radius 3 is 3.11 bits per heavy atom. The average molecular weight is 281 g/mol. The Bertz CT molecular complexity index is 645. The van der Waals surface area contributed by atoms with Gasteiger partial charge in [-0.25, -0.2) is 4.39 Å². The number of pyridine rings is 1. The number of rotatable bonds is 2. The Labute approximate surface area is 115 Å². The Balaban J connectivity index is 2.35. The summed E-state index contributed by atoms with van der Waals surface area (Å²) in [6.07, 6.45) is 0.748. The Kier molecular flexibility index (Phi) is 3.29. The fraction of sp³-hybridized carbons (Fsp3) is 0.357. The van der Waals surface area contributed by atoms with E-state index in [0.29, 0.717) is 23.8 Å². The lowest BCUT2D eigenvalue weighted by molar-refractivity contribution is 0.110. The molecule has 3 nitrogen and oxygen atoms in total. The van der Waals surface area contributed by atoms with Gasteiger partial charge < -0.3 is 10.1 Å². The van der Waals surface area contributed by atoms with Gasteiger partial charge in [0, 0.05) is 30.0 Å². The molecule has 1 N–H and O–H groups in total. The molecule has 0 fully saturated rings. The van der Waals surface area contributed by atoms with Crippen molar-refractivity contribution >= 4 is 28.2 Å². The van der Waals surface area contributed by atoms with Crippen LogP contribution in [0, 0.1) is 5.82 Å². The van der Waals surface area contributed by atoms with Gasteiger partial charge in [-0.05, 0) is 13.0 Å². The topological polar surface area (TPSA) is 34.2 Å².